The molecule has 3 nitrogen and oxygen atoms in total. The molecule has 0 aliphatic carbocycles. The maximum atomic E-state index is 11.0. The summed E-state index contributed by atoms with van der Waals surface area (Å²) in [6.07, 6.45) is 4.06. The molecule has 1 heterocycles. The molecule has 0 aliphatic rings. The Hall–Kier alpha value is -1.03. The van der Waals surface area contributed by atoms with Gasteiger partial charge in [0.1, 0.15) is 0 Å². The predicted octanol–water partition coefficient (Wildman–Crippen LogP) is 2.27. The molecule has 0 fully saturated rings. The zero-order valence-corrected chi connectivity index (χ0v) is 9.79. The fourth-order valence-corrected chi connectivity index (χ4v) is 2.00. The van der Waals surface area contributed by atoms with Crippen LogP contribution in [0, 0.1) is 0 Å². The molecule has 0 aromatic carbocycles. The number of rotatable bonds is 5. The third-order valence-electron chi connectivity index (χ3n) is 1.94. The van der Waals surface area contributed by atoms with Crippen molar-refractivity contribution < 1.29 is 9.53 Å². The average Bonchev–Trinajstić information content (AvgIpc) is 2.27. The molecule has 0 aliphatic heterocycles. The summed E-state index contributed by atoms with van der Waals surface area (Å²) >= 11 is 1.73. The highest BCUT2D eigenvalue weighted by Crippen LogP contribution is 2.19. The summed E-state index contributed by atoms with van der Waals surface area (Å²) in [7, 11) is 1.42. The molecule has 82 valence electrons. The molecule has 15 heavy (non-hydrogen) atoms. The molecule has 1 rings (SSSR count). The quantitative estimate of drug-likeness (QED) is 0.721. The van der Waals surface area contributed by atoms with E-state index in [2.05, 4.69) is 9.72 Å². The summed E-state index contributed by atoms with van der Waals surface area (Å²) < 4.78 is 4.61. The van der Waals surface area contributed by atoms with Gasteiger partial charge in [-0.3, -0.25) is 9.78 Å². The highest BCUT2D eigenvalue weighted by atomic mass is 32.2. The van der Waals surface area contributed by atoms with Crippen molar-refractivity contribution in [2.45, 2.75) is 24.3 Å². The lowest BCUT2D eigenvalue weighted by Crippen LogP contribution is -2.08. The summed E-state index contributed by atoms with van der Waals surface area (Å²) in [5.74, 6) is 0.729. The number of aromatic nitrogens is 1. The van der Waals surface area contributed by atoms with E-state index in [9.17, 15) is 4.79 Å². The molecule has 0 saturated carbocycles. The highest BCUT2D eigenvalue weighted by Gasteiger charge is 2.09. The van der Waals surface area contributed by atoms with Crippen molar-refractivity contribution in [1.82, 2.24) is 4.98 Å². The van der Waals surface area contributed by atoms with Gasteiger partial charge < -0.3 is 4.74 Å². The molecule has 0 amide bonds. The van der Waals surface area contributed by atoms with Gasteiger partial charge >= 0.3 is 5.97 Å². The van der Waals surface area contributed by atoms with Crippen molar-refractivity contribution in [3.05, 3.63) is 30.1 Å². The number of thioether (sulfide) groups is 1. The molecular formula is C11H15NO2S. The van der Waals surface area contributed by atoms with Gasteiger partial charge in [0.25, 0.3) is 0 Å². The van der Waals surface area contributed by atoms with E-state index in [4.69, 9.17) is 0 Å². The fourth-order valence-electron chi connectivity index (χ4n) is 1.10. The number of esters is 1. The first-order valence-corrected chi connectivity index (χ1v) is 5.84. The van der Waals surface area contributed by atoms with Crippen LogP contribution in [0.15, 0.2) is 24.5 Å². The number of pyridine rings is 1. The number of carbonyl (C=O) groups excluding carboxylic acids is 1. The number of methoxy groups -OCH3 is 1. The van der Waals surface area contributed by atoms with E-state index in [1.165, 1.54) is 12.7 Å². The van der Waals surface area contributed by atoms with E-state index in [-0.39, 0.29) is 11.2 Å². The van der Waals surface area contributed by atoms with Gasteiger partial charge in [-0.25, -0.2) is 0 Å². The van der Waals surface area contributed by atoms with Crippen LogP contribution >= 0.6 is 11.8 Å². The monoisotopic (exact) mass is 225 g/mol. The van der Waals surface area contributed by atoms with Crippen molar-refractivity contribution in [2.24, 2.45) is 0 Å². The molecule has 1 unspecified atom stereocenters. The first-order chi connectivity index (χ1) is 7.22. The summed E-state index contributed by atoms with van der Waals surface area (Å²) in [6.45, 7) is 2.03. The van der Waals surface area contributed by atoms with Gasteiger partial charge in [-0.15, -0.1) is 0 Å². The lowest BCUT2D eigenvalue weighted by atomic mass is 10.3. The molecule has 0 bridgehead atoms. The van der Waals surface area contributed by atoms with Gasteiger partial charge in [0.05, 0.1) is 13.5 Å². The van der Waals surface area contributed by atoms with E-state index in [0.29, 0.717) is 6.42 Å². The largest absolute Gasteiger partial charge is 0.469 e. The average molecular weight is 225 g/mol. The zero-order chi connectivity index (χ0) is 11.1. The minimum Gasteiger partial charge on any atom is -0.469 e. The van der Waals surface area contributed by atoms with E-state index in [0.717, 1.165) is 5.75 Å². The van der Waals surface area contributed by atoms with Crippen molar-refractivity contribution in [3.63, 3.8) is 0 Å². The van der Waals surface area contributed by atoms with Crippen molar-refractivity contribution in [2.75, 3.05) is 7.11 Å². The second kappa shape index (κ2) is 6.45. The Labute approximate surface area is 94.2 Å². The standard InChI is InChI=1S/C11H15NO2S/c1-9(6-11(13)14-2)15-8-10-4-3-5-12-7-10/h3-5,7,9H,6,8H2,1-2H3. The first-order valence-electron chi connectivity index (χ1n) is 4.79. The number of nitrogens with zero attached hydrogens (tertiary/aromatic N) is 1. The van der Waals surface area contributed by atoms with Crippen LogP contribution in [-0.4, -0.2) is 23.3 Å². The minimum absolute atomic E-state index is 0.152. The number of hydrogen-bond donors (Lipinski definition) is 0. The molecule has 0 saturated heterocycles. The Morgan fingerprint density at radius 2 is 2.47 bits per heavy atom. The lowest BCUT2D eigenvalue weighted by molar-refractivity contribution is -0.140. The van der Waals surface area contributed by atoms with Crippen LogP contribution in [0.25, 0.3) is 0 Å². The van der Waals surface area contributed by atoms with Crippen LogP contribution in [0.5, 0.6) is 0 Å². The second-order valence-electron chi connectivity index (χ2n) is 3.26. The van der Waals surface area contributed by atoms with Gasteiger partial charge in [-0.05, 0) is 11.6 Å². The first kappa shape index (κ1) is 12.0. The Bertz CT molecular complexity index is 303. The van der Waals surface area contributed by atoms with Crippen molar-refractivity contribution in [3.8, 4) is 0 Å². The molecule has 1 atom stereocenters. The van der Waals surface area contributed by atoms with E-state index in [1.54, 1.807) is 18.0 Å². The highest BCUT2D eigenvalue weighted by molar-refractivity contribution is 7.99. The number of ether oxygens (including phenoxy) is 1. The topological polar surface area (TPSA) is 39.2 Å². The van der Waals surface area contributed by atoms with E-state index >= 15 is 0 Å². The van der Waals surface area contributed by atoms with Crippen molar-refractivity contribution in [1.29, 1.82) is 0 Å². The summed E-state index contributed by atoms with van der Waals surface area (Å²) in [5, 5.41) is 0.276. The Balaban J connectivity index is 2.28. The summed E-state index contributed by atoms with van der Waals surface area (Å²) in [6, 6.07) is 3.95. The van der Waals surface area contributed by atoms with Crippen molar-refractivity contribution >= 4 is 17.7 Å². The van der Waals surface area contributed by atoms with Crippen LogP contribution in [0.4, 0.5) is 0 Å². The van der Waals surface area contributed by atoms with Crippen LogP contribution in [0.2, 0.25) is 0 Å². The van der Waals surface area contributed by atoms with Gasteiger partial charge in [-0.2, -0.15) is 11.8 Å². The maximum absolute atomic E-state index is 11.0. The number of hydrogen-bond acceptors (Lipinski definition) is 4. The number of carbonyl (C=O) groups is 1. The fraction of sp³-hybridized carbons (Fsp3) is 0.455. The van der Waals surface area contributed by atoms with E-state index < -0.39 is 0 Å². The van der Waals surface area contributed by atoms with Crippen LogP contribution in [0.1, 0.15) is 18.9 Å². The maximum Gasteiger partial charge on any atom is 0.306 e. The Kier molecular flexibility index (Phi) is 5.18. The SMILES string of the molecule is COC(=O)CC(C)SCc1cccnc1. The summed E-state index contributed by atoms with van der Waals surface area (Å²) in [5.41, 5.74) is 1.18. The normalized spacial score (nSPS) is 12.1. The smallest absolute Gasteiger partial charge is 0.306 e. The molecule has 1 aromatic rings. The molecular weight excluding hydrogens is 210 g/mol. The molecule has 1 aromatic heterocycles. The minimum atomic E-state index is -0.152. The van der Waals surface area contributed by atoms with Gasteiger partial charge in [-0.1, -0.05) is 13.0 Å². The third kappa shape index (κ3) is 4.83. The molecule has 0 spiro atoms. The zero-order valence-electron chi connectivity index (χ0n) is 8.97. The van der Waals surface area contributed by atoms with Gasteiger partial charge in [0, 0.05) is 23.4 Å². The third-order valence-corrected chi connectivity index (χ3v) is 3.17. The second-order valence-corrected chi connectivity index (χ2v) is 4.69. The van der Waals surface area contributed by atoms with Crippen LogP contribution < -0.4 is 0 Å². The Morgan fingerprint density at radius 3 is 3.07 bits per heavy atom. The van der Waals surface area contributed by atoms with Gasteiger partial charge in [0.15, 0.2) is 0 Å². The van der Waals surface area contributed by atoms with Crippen LogP contribution in [0.3, 0.4) is 0 Å². The molecule has 4 heteroatoms. The van der Waals surface area contributed by atoms with Crippen LogP contribution in [-0.2, 0) is 15.3 Å². The summed E-state index contributed by atoms with van der Waals surface area (Å²) in [4.78, 5) is 15.0. The van der Waals surface area contributed by atoms with E-state index in [1.807, 2.05) is 25.3 Å². The predicted molar refractivity (Wildman–Crippen MR) is 61.6 cm³/mol. The Morgan fingerprint density at radius 1 is 1.67 bits per heavy atom. The lowest BCUT2D eigenvalue weighted by Gasteiger charge is -2.09. The molecule has 0 radical (unpaired) electrons. The molecule has 0 N–H and O–H groups in total. The van der Waals surface area contributed by atoms with Gasteiger partial charge in [0.2, 0.25) is 0 Å².